The van der Waals surface area contributed by atoms with Crippen molar-refractivity contribution in [1.29, 1.82) is 0 Å². The highest BCUT2D eigenvalue weighted by Gasteiger charge is 2.58. The van der Waals surface area contributed by atoms with Crippen LogP contribution in [0.15, 0.2) is 24.5 Å². The summed E-state index contributed by atoms with van der Waals surface area (Å²) in [5.74, 6) is -2.63. The van der Waals surface area contributed by atoms with E-state index >= 15 is 0 Å². The Bertz CT molecular complexity index is 919. The normalized spacial score (nSPS) is 13.5. The summed E-state index contributed by atoms with van der Waals surface area (Å²) in [6.07, 6.45) is -4.24. The molecule has 30 heavy (non-hydrogen) atoms. The van der Waals surface area contributed by atoms with Gasteiger partial charge in [0.2, 0.25) is 11.5 Å². The van der Waals surface area contributed by atoms with Crippen LogP contribution in [0, 0.1) is 20.8 Å². The smallest absolute Gasteiger partial charge is 0.376 e. The van der Waals surface area contributed by atoms with Gasteiger partial charge >= 0.3 is 6.18 Å². The quantitative estimate of drug-likeness (QED) is 0.526. The average Bonchev–Trinajstić information content (AvgIpc) is 3.04. The van der Waals surface area contributed by atoms with Crippen molar-refractivity contribution in [3.8, 4) is 0 Å². The number of anilines is 1. The SMILES string of the molecule is Cc1cc(C)c(NCC(=O)NNC(=O)C[C@](O)(c2nccn2C)C(F)(F)F)c(C)c1. The van der Waals surface area contributed by atoms with E-state index < -0.39 is 35.8 Å². The molecule has 0 unspecified atom stereocenters. The number of aliphatic hydroxyl groups is 1. The molecule has 0 aliphatic rings. The number of aryl methyl sites for hydroxylation is 4. The highest BCUT2D eigenvalue weighted by Crippen LogP contribution is 2.40. The minimum Gasteiger partial charge on any atom is -0.376 e. The van der Waals surface area contributed by atoms with E-state index in [0.717, 1.165) is 33.1 Å². The first-order chi connectivity index (χ1) is 13.8. The average molecular weight is 427 g/mol. The van der Waals surface area contributed by atoms with E-state index in [1.165, 1.54) is 13.2 Å². The van der Waals surface area contributed by atoms with Gasteiger partial charge in [-0.25, -0.2) is 4.98 Å². The third kappa shape index (κ3) is 5.09. The Hall–Kier alpha value is -3.08. The maximum atomic E-state index is 13.4. The number of hydrogen-bond acceptors (Lipinski definition) is 5. The van der Waals surface area contributed by atoms with E-state index in [4.69, 9.17) is 0 Å². The van der Waals surface area contributed by atoms with Gasteiger partial charge in [-0.05, 0) is 31.9 Å². The number of carbonyl (C=O) groups is 2. The molecule has 0 saturated heterocycles. The van der Waals surface area contributed by atoms with Crippen molar-refractivity contribution < 1.29 is 27.9 Å². The molecule has 0 radical (unpaired) electrons. The lowest BCUT2D eigenvalue weighted by molar-refractivity contribution is -0.271. The second-order valence-corrected chi connectivity index (χ2v) is 7.12. The Kier molecular flexibility index (Phi) is 6.76. The molecule has 2 rings (SSSR count). The number of nitrogens with one attached hydrogen (secondary N) is 3. The molecule has 1 aromatic heterocycles. The third-order valence-corrected chi connectivity index (χ3v) is 4.52. The Morgan fingerprint density at radius 3 is 2.17 bits per heavy atom. The first kappa shape index (κ1) is 23.2. The number of halogens is 3. The lowest BCUT2D eigenvalue weighted by Crippen LogP contribution is -2.51. The van der Waals surface area contributed by atoms with Gasteiger partial charge in [0.15, 0.2) is 5.82 Å². The fourth-order valence-corrected chi connectivity index (χ4v) is 3.16. The first-order valence-corrected chi connectivity index (χ1v) is 9.01. The van der Waals surface area contributed by atoms with Crippen LogP contribution in [0.2, 0.25) is 0 Å². The molecule has 0 aliphatic heterocycles. The summed E-state index contributed by atoms with van der Waals surface area (Å²) in [5.41, 5.74) is 4.09. The second kappa shape index (κ2) is 8.74. The molecule has 2 amide bonds. The van der Waals surface area contributed by atoms with E-state index in [0.29, 0.717) is 0 Å². The van der Waals surface area contributed by atoms with Gasteiger partial charge in [0, 0.05) is 25.1 Å². The van der Waals surface area contributed by atoms with Gasteiger partial charge in [0.1, 0.15) is 0 Å². The lowest BCUT2D eigenvalue weighted by atomic mass is 9.97. The van der Waals surface area contributed by atoms with Gasteiger partial charge in [-0.1, -0.05) is 17.7 Å². The van der Waals surface area contributed by atoms with Crippen LogP contribution >= 0.6 is 0 Å². The zero-order valence-corrected chi connectivity index (χ0v) is 17.0. The van der Waals surface area contributed by atoms with Crippen LogP contribution in [-0.2, 0) is 22.2 Å². The summed E-state index contributed by atoms with van der Waals surface area (Å²) in [6, 6.07) is 3.87. The van der Waals surface area contributed by atoms with Crippen molar-refractivity contribution in [2.45, 2.75) is 39.0 Å². The molecular formula is C19H24F3N5O3. The number of benzene rings is 1. The molecule has 8 nitrogen and oxygen atoms in total. The molecule has 0 saturated carbocycles. The van der Waals surface area contributed by atoms with Gasteiger partial charge in [-0.3, -0.25) is 20.4 Å². The van der Waals surface area contributed by atoms with Gasteiger partial charge < -0.3 is 15.0 Å². The van der Waals surface area contributed by atoms with Gasteiger partial charge in [-0.15, -0.1) is 0 Å². The standard InChI is InChI=1S/C19H24F3N5O3/c1-11-7-12(2)16(13(3)8-11)24-10-15(29)26-25-14(28)9-18(30,19(20,21)22)17-23-5-6-27(17)4/h5-8,24,30H,9-10H2,1-4H3,(H,25,28)(H,26,29)/t18-/m0/s1. The van der Waals surface area contributed by atoms with Gasteiger partial charge in [0.05, 0.1) is 13.0 Å². The van der Waals surface area contributed by atoms with Crippen molar-refractivity contribution in [1.82, 2.24) is 20.4 Å². The summed E-state index contributed by atoms with van der Waals surface area (Å²) in [7, 11) is 1.26. The predicted molar refractivity (Wildman–Crippen MR) is 103 cm³/mol. The summed E-state index contributed by atoms with van der Waals surface area (Å²) < 4.78 is 41.3. The Morgan fingerprint density at radius 1 is 1.10 bits per heavy atom. The van der Waals surface area contributed by atoms with E-state index in [1.807, 2.05) is 43.8 Å². The summed E-state index contributed by atoms with van der Waals surface area (Å²) in [6.45, 7) is 5.47. The summed E-state index contributed by atoms with van der Waals surface area (Å²) >= 11 is 0. The summed E-state index contributed by atoms with van der Waals surface area (Å²) in [5, 5.41) is 13.1. The molecule has 11 heteroatoms. The number of alkyl halides is 3. The van der Waals surface area contributed by atoms with E-state index in [1.54, 1.807) is 0 Å². The Morgan fingerprint density at radius 2 is 1.67 bits per heavy atom. The van der Waals surface area contributed by atoms with Crippen molar-refractivity contribution in [3.05, 3.63) is 47.0 Å². The highest BCUT2D eigenvalue weighted by atomic mass is 19.4. The minimum absolute atomic E-state index is 0.214. The van der Waals surface area contributed by atoms with Gasteiger partial charge in [-0.2, -0.15) is 13.2 Å². The maximum Gasteiger partial charge on any atom is 0.425 e. The molecule has 0 aliphatic carbocycles. The number of carbonyl (C=O) groups excluding carboxylic acids is 2. The number of amides is 2. The molecule has 0 bridgehead atoms. The largest absolute Gasteiger partial charge is 0.425 e. The number of rotatable bonds is 6. The monoisotopic (exact) mass is 427 g/mol. The van der Waals surface area contributed by atoms with Crippen molar-refractivity contribution in [3.63, 3.8) is 0 Å². The molecule has 0 fully saturated rings. The minimum atomic E-state index is -5.16. The lowest BCUT2D eigenvalue weighted by Gasteiger charge is -2.29. The highest BCUT2D eigenvalue weighted by molar-refractivity contribution is 5.85. The van der Waals surface area contributed by atoms with Crippen LogP contribution in [0.3, 0.4) is 0 Å². The topological polar surface area (TPSA) is 108 Å². The number of aromatic nitrogens is 2. The van der Waals surface area contributed by atoms with Crippen molar-refractivity contribution in [2.24, 2.45) is 7.05 Å². The molecular weight excluding hydrogens is 403 g/mol. The molecule has 164 valence electrons. The molecule has 4 N–H and O–H groups in total. The molecule has 1 atom stereocenters. The fraction of sp³-hybridized carbons (Fsp3) is 0.421. The third-order valence-electron chi connectivity index (χ3n) is 4.52. The Labute approximate surface area is 171 Å². The van der Waals surface area contributed by atoms with Crippen molar-refractivity contribution in [2.75, 3.05) is 11.9 Å². The van der Waals surface area contributed by atoms with E-state index in [9.17, 15) is 27.9 Å². The second-order valence-electron chi connectivity index (χ2n) is 7.12. The molecule has 1 heterocycles. The first-order valence-electron chi connectivity index (χ1n) is 9.01. The maximum absolute atomic E-state index is 13.4. The van der Waals surface area contributed by atoms with E-state index in [2.05, 4.69) is 10.3 Å². The summed E-state index contributed by atoms with van der Waals surface area (Å²) in [4.78, 5) is 27.5. The van der Waals surface area contributed by atoms with Crippen molar-refractivity contribution >= 4 is 17.5 Å². The van der Waals surface area contributed by atoms with E-state index in [-0.39, 0.29) is 6.54 Å². The zero-order valence-electron chi connectivity index (χ0n) is 17.0. The molecule has 2 aromatic rings. The number of imidazole rings is 1. The van der Waals surface area contributed by atoms with Crippen LogP contribution in [0.4, 0.5) is 18.9 Å². The fourth-order valence-electron chi connectivity index (χ4n) is 3.16. The molecule has 1 aromatic carbocycles. The number of hydrogen-bond donors (Lipinski definition) is 4. The number of hydrazine groups is 1. The van der Waals surface area contributed by atoms with Crippen LogP contribution < -0.4 is 16.2 Å². The molecule has 0 spiro atoms. The van der Waals surface area contributed by atoms with Crippen LogP contribution in [0.1, 0.15) is 28.9 Å². The van der Waals surface area contributed by atoms with Crippen LogP contribution in [0.25, 0.3) is 0 Å². The number of nitrogens with zero attached hydrogens (tertiary/aromatic N) is 2. The van der Waals surface area contributed by atoms with Gasteiger partial charge in [0.25, 0.3) is 5.91 Å². The zero-order chi connectivity index (χ0) is 22.7. The predicted octanol–water partition coefficient (Wildman–Crippen LogP) is 1.74. The Balaban J connectivity index is 1.96. The van der Waals surface area contributed by atoms with Crippen LogP contribution in [-0.4, -0.2) is 39.2 Å². The van der Waals surface area contributed by atoms with Crippen LogP contribution in [0.5, 0.6) is 0 Å².